The van der Waals surface area contributed by atoms with E-state index in [0.29, 0.717) is 0 Å². The lowest BCUT2D eigenvalue weighted by Crippen LogP contribution is -2.56. The Kier molecular flexibility index (Phi) is 3.56. The molecule has 0 radical (unpaired) electrons. The van der Waals surface area contributed by atoms with E-state index in [1.807, 2.05) is 6.33 Å². The molecule has 0 aromatic carbocycles. The van der Waals surface area contributed by atoms with Gasteiger partial charge >= 0.3 is 0 Å². The van der Waals surface area contributed by atoms with E-state index < -0.39 is 0 Å². The largest absolute Gasteiger partial charge is 0.329 e. The molecule has 3 heterocycles. The van der Waals surface area contributed by atoms with Gasteiger partial charge in [-0.3, -0.25) is 4.90 Å². The van der Waals surface area contributed by atoms with Gasteiger partial charge in [0.25, 0.3) is 0 Å². The quantitative estimate of drug-likeness (QED) is 0.808. The highest BCUT2D eigenvalue weighted by atomic mass is 15.3. The van der Waals surface area contributed by atoms with Gasteiger partial charge in [0.1, 0.15) is 12.2 Å². The number of hydrogen-bond acceptors (Lipinski definition) is 5. The van der Waals surface area contributed by atoms with E-state index in [-0.39, 0.29) is 5.54 Å². The van der Waals surface area contributed by atoms with Crippen LogP contribution < -0.4 is 5.73 Å². The van der Waals surface area contributed by atoms with E-state index in [4.69, 9.17) is 5.73 Å². The van der Waals surface area contributed by atoms with E-state index in [1.165, 1.54) is 19.4 Å². The lowest BCUT2D eigenvalue weighted by Gasteiger charge is -2.44. The fourth-order valence-corrected chi connectivity index (χ4v) is 3.43. The van der Waals surface area contributed by atoms with Crippen LogP contribution in [0.15, 0.2) is 6.33 Å². The Balaban J connectivity index is 1.79. The average Bonchev–Trinajstić information content (AvgIpc) is 2.81. The Hall–Kier alpha value is -0.980. The van der Waals surface area contributed by atoms with Gasteiger partial charge in [-0.2, -0.15) is 0 Å². The monoisotopic (exact) mass is 264 g/mol. The lowest BCUT2D eigenvalue weighted by molar-refractivity contribution is 0.0504. The molecule has 1 aromatic heterocycles. The summed E-state index contributed by atoms with van der Waals surface area (Å²) in [5, 5.41) is 8.24. The Morgan fingerprint density at radius 1 is 1.26 bits per heavy atom. The molecule has 6 heteroatoms. The van der Waals surface area contributed by atoms with E-state index in [0.717, 1.165) is 45.0 Å². The second-order valence-corrected chi connectivity index (χ2v) is 5.95. The molecular formula is C13H24N6. The topological polar surface area (TPSA) is 63.2 Å². The Labute approximate surface area is 114 Å². The molecule has 0 aliphatic carbocycles. The first-order valence-corrected chi connectivity index (χ1v) is 7.24. The molecule has 2 N–H and O–H groups in total. The normalized spacial score (nSPS) is 30.0. The van der Waals surface area contributed by atoms with E-state index in [9.17, 15) is 0 Å². The van der Waals surface area contributed by atoms with Gasteiger partial charge in [0.2, 0.25) is 0 Å². The van der Waals surface area contributed by atoms with Gasteiger partial charge in [-0.1, -0.05) is 0 Å². The summed E-state index contributed by atoms with van der Waals surface area (Å²) in [5.74, 6) is 1.08. The van der Waals surface area contributed by atoms with Gasteiger partial charge < -0.3 is 15.2 Å². The summed E-state index contributed by atoms with van der Waals surface area (Å²) in [6.07, 6.45) is 5.43. The van der Waals surface area contributed by atoms with Gasteiger partial charge in [-0.25, -0.2) is 0 Å². The van der Waals surface area contributed by atoms with Gasteiger partial charge in [0.15, 0.2) is 0 Å². The maximum Gasteiger partial charge on any atom is 0.147 e. The fourth-order valence-electron chi connectivity index (χ4n) is 3.43. The van der Waals surface area contributed by atoms with Gasteiger partial charge in [-0.15, -0.1) is 10.2 Å². The van der Waals surface area contributed by atoms with Crippen LogP contribution in [0.5, 0.6) is 0 Å². The summed E-state index contributed by atoms with van der Waals surface area (Å²) in [5.41, 5.74) is 6.33. The van der Waals surface area contributed by atoms with Gasteiger partial charge in [0, 0.05) is 25.2 Å². The second-order valence-electron chi connectivity index (χ2n) is 5.95. The Morgan fingerprint density at radius 2 is 2.16 bits per heavy atom. The molecule has 6 nitrogen and oxygen atoms in total. The molecule has 1 fully saturated rings. The third kappa shape index (κ3) is 2.40. The number of likely N-dealkylation sites (tertiary alicyclic amines) is 1. The first-order valence-electron chi connectivity index (χ1n) is 7.24. The average molecular weight is 264 g/mol. The van der Waals surface area contributed by atoms with Crippen LogP contribution in [0.2, 0.25) is 0 Å². The van der Waals surface area contributed by atoms with Crippen LogP contribution in [0.1, 0.15) is 25.1 Å². The number of hydrogen-bond donors (Lipinski definition) is 1. The van der Waals surface area contributed by atoms with Crippen molar-refractivity contribution >= 4 is 0 Å². The van der Waals surface area contributed by atoms with Crippen molar-refractivity contribution in [1.29, 1.82) is 0 Å². The number of nitrogens with zero attached hydrogens (tertiary/aromatic N) is 5. The summed E-state index contributed by atoms with van der Waals surface area (Å²) >= 11 is 0. The maximum absolute atomic E-state index is 6.18. The predicted octanol–water partition coefficient (Wildman–Crippen LogP) is -0.0931. The number of aromatic nitrogens is 3. The van der Waals surface area contributed by atoms with Crippen LogP contribution in [0.25, 0.3) is 0 Å². The van der Waals surface area contributed by atoms with Crippen molar-refractivity contribution in [3.63, 3.8) is 0 Å². The minimum Gasteiger partial charge on any atom is -0.329 e. The molecule has 3 rings (SSSR count). The van der Waals surface area contributed by atoms with Crippen molar-refractivity contribution in [3.05, 3.63) is 12.2 Å². The van der Waals surface area contributed by atoms with Crippen molar-refractivity contribution in [2.75, 3.05) is 33.2 Å². The van der Waals surface area contributed by atoms with Crippen molar-refractivity contribution in [2.45, 2.75) is 37.9 Å². The number of fused-ring (bicyclic) bond motifs is 1. The molecule has 2 aliphatic heterocycles. The first-order chi connectivity index (χ1) is 9.23. The SMILES string of the molecule is CN1CCCC(CN)(N2CCn3cnnc3C2)CC1. The van der Waals surface area contributed by atoms with E-state index in [2.05, 4.69) is 31.6 Å². The summed E-state index contributed by atoms with van der Waals surface area (Å²) < 4.78 is 2.16. The van der Waals surface area contributed by atoms with Crippen LogP contribution in [-0.2, 0) is 13.1 Å². The van der Waals surface area contributed by atoms with E-state index in [1.54, 1.807) is 0 Å². The highest BCUT2D eigenvalue weighted by molar-refractivity contribution is 5.00. The predicted molar refractivity (Wildman–Crippen MR) is 73.6 cm³/mol. The standard InChI is InChI=1S/C13H24N6/c1-17-5-2-3-13(10-14,4-6-17)19-8-7-18-11-15-16-12(18)9-19/h11H,2-10,14H2,1H3. The molecule has 2 aliphatic rings. The summed E-state index contributed by atoms with van der Waals surface area (Å²) in [6.45, 7) is 6.01. The molecule has 1 saturated heterocycles. The molecule has 0 amide bonds. The minimum atomic E-state index is 0.155. The Morgan fingerprint density at radius 3 is 3.00 bits per heavy atom. The summed E-state index contributed by atoms with van der Waals surface area (Å²) in [6, 6.07) is 0. The molecule has 0 saturated carbocycles. The third-order valence-electron chi connectivity index (χ3n) is 4.83. The first kappa shape index (κ1) is 13.0. The van der Waals surface area contributed by atoms with Crippen molar-refractivity contribution < 1.29 is 0 Å². The van der Waals surface area contributed by atoms with Crippen molar-refractivity contribution in [3.8, 4) is 0 Å². The Bertz CT molecular complexity index is 431. The molecule has 1 atom stereocenters. The zero-order chi connectivity index (χ0) is 13.3. The maximum atomic E-state index is 6.18. The number of nitrogens with two attached hydrogens (primary N) is 1. The van der Waals surface area contributed by atoms with Crippen LogP contribution in [-0.4, -0.2) is 63.3 Å². The summed E-state index contributed by atoms with van der Waals surface area (Å²) in [4.78, 5) is 4.97. The smallest absolute Gasteiger partial charge is 0.147 e. The van der Waals surface area contributed by atoms with Gasteiger partial charge in [0.05, 0.1) is 6.54 Å². The van der Waals surface area contributed by atoms with Crippen LogP contribution in [0, 0.1) is 0 Å². The zero-order valence-electron chi connectivity index (χ0n) is 11.8. The van der Waals surface area contributed by atoms with Crippen LogP contribution in [0.3, 0.4) is 0 Å². The molecule has 1 unspecified atom stereocenters. The highest BCUT2D eigenvalue weighted by Gasteiger charge is 2.38. The third-order valence-corrected chi connectivity index (χ3v) is 4.83. The van der Waals surface area contributed by atoms with Crippen molar-refractivity contribution in [2.24, 2.45) is 5.73 Å². The molecule has 1 aromatic rings. The second kappa shape index (κ2) is 5.19. The molecular weight excluding hydrogens is 240 g/mol. The van der Waals surface area contributed by atoms with Gasteiger partial charge in [-0.05, 0) is 39.4 Å². The molecule has 19 heavy (non-hydrogen) atoms. The molecule has 0 spiro atoms. The van der Waals surface area contributed by atoms with Crippen LogP contribution >= 0.6 is 0 Å². The number of rotatable bonds is 2. The lowest BCUT2D eigenvalue weighted by atomic mass is 9.88. The zero-order valence-corrected chi connectivity index (χ0v) is 11.8. The highest BCUT2D eigenvalue weighted by Crippen LogP contribution is 2.30. The molecule has 0 bridgehead atoms. The van der Waals surface area contributed by atoms with Crippen LogP contribution in [0.4, 0.5) is 0 Å². The molecule has 106 valence electrons. The fraction of sp³-hybridized carbons (Fsp3) is 0.846. The van der Waals surface area contributed by atoms with E-state index >= 15 is 0 Å². The summed E-state index contributed by atoms with van der Waals surface area (Å²) in [7, 11) is 2.21. The minimum absolute atomic E-state index is 0.155. The van der Waals surface area contributed by atoms with Crippen molar-refractivity contribution in [1.82, 2.24) is 24.6 Å².